The molecule has 0 amide bonds. The summed E-state index contributed by atoms with van der Waals surface area (Å²) in [5.41, 5.74) is 1.15. The smallest absolute Gasteiger partial charge is 0.155 e. The highest BCUT2D eigenvalue weighted by molar-refractivity contribution is 5.63. The molecule has 18 heavy (non-hydrogen) atoms. The van der Waals surface area contributed by atoms with Gasteiger partial charge in [0.1, 0.15) is 11.9 Å². The van der Waals surface area contributed by atoms with Crippen LogP contribution in [0, 0.1) is 17.1 Å². The van der Waals surface area contributed by atoms with Gasteiger partial charge in [-0.05, 0) is 25.1 Å². The largest absolute Gasteiger partial charge is 0.491 e. The minimum Gasteiger partial charge on any atom is -0.491 e. The second-order valence-corrected chi connectivity index (χ2v) is 3.59. The summed E-state index contributed by atoms with van der Waals surface area (Å²) in [4.78, 5) is 4.12. The quantitative estimate of drug-likeness (QED) is 0.830. The van der Waals surface area contributed by atoms with Crippen LogP contribution in [0.4, 0.5) is 4.39 Å². The van der Waals surface area contributed by atoms with E-state index in [0.717, 1.165) is 0 Å². The lowest BCUT2D eigenvalue weighted by molar-refractivity contribution is 0.338. The highest BCUT2D eigenvalue weighted by Crippen LogP contribution is 2.25. The predicted molar refractivity (Wildman–Crippen MR) is 65.5 cm³/mol. The first-order valence-corrected chi connectivity index (χ1v) is 5.54. The molecular formula is C14H11FN2O. The van der Waals surface area contributed by atoms with Gasteiger partial charge in [-0.1, -0.05) is 12.1 Å². The Hall–Kier alpha value is -2.41. The summed E-state index contributed by atoms with van der Waals surface area (Å²) in [6, 6.07) is 9.87. The van der Waals surface area contributed by atoms with Gasteiger partial charge in [-0.2, -0.15) is 5.26 Å². The first-order valence-electron chi connectivity index (χ1n) is 5.54. The summed E-state index contributed by atoms with van der Waals surface area (Å²) < 4.78 is 18.9. The number of nitrogens with zero attached hydrogens (tertiary/aromatic N) is 2. The van der Waals surface area contributed by atoms with Crippen LogP contribution in [0.25, 0.3) is 11.3 Å². The van der Waals surface area contributed by atoms with Gasteiger partial charge in [0.15, 0.2) is 5.75 Å². The molecule has 0 radical (unpaired) electrons. The van der Waals surface area contributed by atoms with Crippen molar-refractivity contribution in [2.45, 2.75) is 6.92 Å². The SMILES string of the molecule is CCOc1cnc(-c2ccccc2F)cc1C#N. The Kier molecular flexibility index (Phi) is 3.54. The maximum Gasteiger partial charge on any atom is 0.155 e. The number of rotatable bonds is 3. The van der Waals surface area contributed by atoms with Crippen molar-refractivity contribution in [1.29, 1.82) is 5.26 Å². The van der Waals surface area contributed by atoms with Crippen molar-refractivity contribution in [3.8, 4) is 23.1 Å². The minimum absolute atomic E-state index is 0.352. The van der Waals surface area contributed by atoms with E-state index < -0.39 is 0 Å². The third-order valence-corrected chi connectivity index (χ3v) is 2.44. The molecule has 0 fully saturated rings. The lowest BCUT2D eigenvalue weighted by Crippen LogP contribution is -1.97. The lowest BCUT2D eigenvalue weighted by Gasteiger charge is -2.07. The summed E-state index contributed by atoms with van der Waals surface area (Å²) in [5.74, 6) is 0.0538. The molecule has 3 nitrogen and oxygen atoms in total. The number of halogens is 1. The maximum absolute atomic E-state index is 13.6. The highest BCUT2D eigenvalue weighted by Gasteiger charge is 2.10. The summed E-state index contributed by atoms with van der Waals surface area (Å²) in [7, 11) is 0. The van der Waals surface area contributed by atoms with E-state index in [0.29, 0.717) is 29.2 Å². The Morgan fingerprint density at radius 2 is 2.17 bits per heavy atom. The van der Waals surface area contributed by atoms with Crippen LogP contribution in [0.5, 0.6) is 5.75 Å². The Labute approximate surface area is 104 Å². The predicted octanol–water partition coefficient (Wildman–Crippen LogP) is 3.16. The van der Waals surface area contributed by atoms with E-state index in [-0.39, 0.29) is 5.82 Å². The molecule has 0 N–H and O–H groups in total. The van der Waals surface area contributed by atoms with Crippen LogP contribution < -0.4 is 4.74 Å². The van der Waals surface area contributed by atoms with Gasteiger partial charge in [-0.15, -0.1) is 0 Å². The lowest BCUT2D eigenvalue weighted by atomic mass is 10.1. The summed E-state index contributed by atoms with van der Waals surface area (Å²) >= 11 is 0. The summed E-state index contributed by atoms with van der Waals surface area (Å²) in [6.45, 7) is 2.28. The van der Waals surface area contributed by atoms with Gasteiger partial charge in [0, 0.05) is 5.56 Å². The molecule has 1 aromatic carbocycles. The zero-order valence-corrected chi connectivity index (χ0v) is 9.85. The van der Waals surface area contributed by atoms with Gasteiger partial charge in [0.2, 0.25) is 0 Å². The average molecular weight is 242 g/mol. The maximum atomic E-state index is 13.6. The third-order valence-electron chi connectivity index (χ3n) is 2.44. The zero-order valence-electron chi connectivity index (χ0n) is 9.85. The number of nitriles is 1. The van der Waals surface area contributed by atoms with E-state index >= 15 is 0 Å². The molecule has 1 aromatic heterocycles. The molecule has 0 saturated carbocycles. The van der Waals surface area contributed by atoms with Crippen molar-refractivity contribution in [2.24, 2.45) is 0 Å². The number of benzene rings is 1. The number of hydrogen-bond acceptors (Lipinski definition) is 3. The topological polar surface area (TPSA) is 45.9 Å². The van der Waals surface area contributed by atoms with Gasteiger partial charge in [-0.25, -0.2) is 4.39 Å². The third kappa shape index (κ3) is 2.30. The minimum atomic E-state index is -0.363. The second-order valence-electron chi connectivity index (χ2n) is 3.59. The van der Waals surface area contributed by atoms with Crippen LogP contribution in [0.1, 0.15) is 12.5 Å². The highest BCUT2D eigenvalue weighted by atomic mass is 19.1. The van der Waals surface area contributed by atoms with Crippen LogP contribution in [-0.4, -0.2) is 11.6 Å². The first-order chi connectivity index (χ1) is 8.76. The molecule has 0 spiro atoms. The van der Waals surface area contributed by atoms with Crippen molar-refractivity contribution in [3.63, 3.8) is 0 Å². The Morgan fingerprint density at radius 1 is 1.39 bits per heavy atom. The Balaban J connectivity index is 2.49. The number of hydrogen-bond donors (Lipinski definition) is 0. The first kappa shape index (κ1) is 12.1. The number of aromatic nitrogens is 1. The van der Waals surface area contributed by atoms with Gasteiger partial charge >= 0.3 is 0 Å². The number of pyridine rings is 1. The van der Waals surface area contributed by atoms with E-state index in [9.17, 15) is 4.39 Å². The van der Waals surface area contributed by atoms with Crippen molar-refractivity contribution < 1.29 is 9.13 Å². The van der Waals surface area contributed by atoms with Gasteiger partial charge in [-0.3, -0.25) is 4.98 Å². The van der Waals surface area contributed by atoms with Crippen molar-refractivity contribution >= 4 is 0 Å². The van der Waals surface area contributed by atoms with Crippen LogP contribution in [0.2, 0.25) is 0 Å². The van der Waals surface area contributed by atoms with E-state index in [1.807, 2.05) is 13.0 Å². The fourth-order valence-electron chi connectivity index (χ4n) is 1.62. The van der Waals surface area contributed by atoms with E-state index in [4.69, 9.17) is 10.00 Å². The van der Waals surface area contributed by atoms with E-state index in [2.05, 4.69) is 4.98 Å². The van der Waals surface area contributed by atoms with E-state index in [1.165, 1.54) is 18.3 Å². The standard InChI is InChI=1S/C14H11FN2O/c1-2-18-14-9-17-13(7-10(14)8-16)11-5-3-4-6-12(11)15/h3-7,9H,2H2,1H3. The fourth-order valence-corrected chi connectivity index (χ4v) is 1.62. The Bertz CT molecular complexity index is 605. The normalized spacial score (nSPS) is 9.83. The molecule has 2 rings (SSSR count). The molecule has 0 unspecified atom stereocenters. The number of ether oxygens (including phenoxy) is 1. The Morgan fingerprint density at radius 3 is 2.83 bits per heavy atom. The molecule has 0 aliphatic rings. The van der Waals surface area contributed by atoms with Gasteiger partial charge in [0.25, 0.3) is 0 Å². The molecule has 1 heterocycles. The summed E-state index contributed by atoms with van der Waals surface area (Å²) in [6.07, 6.45) is 1.45. The van der Waals surface area contributed by atoms with Crippen molar-refractivity contribution in [2.75, 3.05) is 6.61 Å². The molecule has 0 atom stereocenters. The fraction of sp³-hybridized carbons (Fsp3) is 0.143. The zero-order chi connectivity index (χ0) is 13.0. The molecule has 90 valence electrons. The van der Waals surface area contributed by atoms with Crippen molar-refractivity contribution in [3.05, 3.63) is 47.9 Å². The molecule has 0 saturated heterocycles. The molecule has 2 aromatic rings. The molecule has 0 aliphatic carbocycles. The van der Waals surface area contributed by atoms with Gasteiger partial charge < -0.3 is 4.74 Å². The molecule has 4 heteroatoms. The van der Waals surface area contributed by atoms with Crippen LogP contribution in [0.3, 0.4) is 0 Å². The van der Waals surface area contributed by atoms with Crippen LogP contribution in [-0.2, 0) is 0 Å². The van der Waals surface area contributed by atoms with Crippen LogP contribution in [0.15, 0.2) is 36.5 Å². The molecule has 0 bridgehead atoms. The molecule has 0 aliphatic heterocycles. The monoisotopic (exact) mass is 242 g/mol. The molecular weight excluding hydrogens is 231 g/mol. The summed E-state index contributed by atoms with van der Waals surface area (Å²) in [5, 5.41) is 9.03. The van der Waals surface area contributed by atoms with Crippen molar-refractivity contribution in [1.82, 2.24) is 4.98 Å². The average Bonchev–Trinajstić information content (AvgIpc) is 2.40. The second kappa shape index (κ2) is 5.28. The van der Waals surface area contributed by atoms with E-state index in [1.54, 1.807) is 18.2 Å². The van der Waals surface area contributed by atoms with Gasteiger partial charge in [0.05, 0.1) is 24.1 Å². The van der Waals surface area contributed by atoms with Crippen LogP contribution >= 0.6 is 0 Å².